The Bertz CT molecular complexity index is 1020. The van der Waals surface area contributed by atoms with Crippen LogP contribution in [0.25, 0.3) is 6.08 Å². The van der Waals surface area contributed by atoms with Gasteiger partial charge >= 0.3 is 0 Å². The maximum absolute atomic E-state index is 13.5. The van der Waals surface area contributed by atoms with Crippen LogP contribution in [0, 0.1) is 5.92 Å². The standard InChI is InChI=1S/C29H30N2O2/c32-28(17-16-24-10-4-1-5-11-24)30-20-18-27(19-21-30)29(33)31(22-25-12-6-2-7-13-25)23-26-14-8-3-9-15-26/h1-17,27H,18-23H2/b17-16+. The largest absolute Gasteiger partial charge is 0.339 e. The normalized spacial score (nSPS) is 14.4. The molecule has 2 amide bonds. The summed E-state index contributed by atoms with van der Waals surface area (Å²) in [4.78, 5) is 29.9. The molecule has 4 heteroatoms. The zero-order valence-corrected chi connectivity index (χ0v) is 18.8. The summed E-state index contributed by atoms with van der Waals surface area (Å²) in [6.07, 6.45) is 4.88. The predicted octanol–water partition coefficient (Wildman–Crippen LogP) is 5.17. The van der Waals surface area contributed by atoms with Crippen LogP contribution in [0.4, 0.5) is 0 Å². The van der Waals surface area contributed by atoms with Crippen LogP contribution in [0.3, 0.4) is 0 Å². The third-order valence-electron chi connectivity index (χ3n) is 6.12. The maximum Gasteiger partial charge on any atom is 0.246 e. The van der Waals surface area contributed by atoms with Gasteiger partial charge in [0.05, 0.1) is 0 Å². The number of nitrogens with zero attached hydrogens (tertiary/aromatic N) is 2. The molecule has 0 bridgehead atoms. The number of amides is 2. The first-order valence-corrected chi connectivity index (χ1v) is 11.6. The van der Waals surface area contributed by atoms with Gasteiger partial charge in [0.1, 0.15) is 0 Å². The summed E-state index contributed by atoms with van der Waals surface area (Å²) in [5.74, 6) is 0.129. The first-order valence-electron chi connectivity index (χ1n) is 11.6. The highest BCUT2D eigenvalue weighted by molar-refractivity contribution is 5.92. The molecule has 0 saturated carbocycles. The third-order valence-corrected chi connectivity index (χ3v) is 6.12. The number of piperidine rings is 1. The van der Waals surface area contributed by atoms with E-state index in [-0.39, 0.29) is 17.7 Å². The molecule has 0 aliphatic carbocycles. The zero-order chi connectivity index (χ0) is 22.9. The Morgan fingerprint density at radius 3 is 1.76 bits per heavy atom. The van der Waals surface area contributed by atoms with Gasteiger partial charge in [0, 0.05) is 38.2 Å². The first-order chi connectivity index (χ1) is 16.2. The van der Waals surface area contributed by atoms with Gasteiger partial charge in [0.2, 0.25) is 11.8 Å². The van der Waals surface area contributed by atoms with Crippen LogP contribution >= 0.6 is 0 Å². The van der Waals surface area contributed by atoms with Crippen molar-refractivity contribution in [1.29, 1.82) is 0 Å². The number of carbonyl (C=O) groups is 2. The van der Waals surface area contributed by atoms with Gasteiger partial charge < -0.3 is 9.80 Å². The first kappa shape index (κ1) is 22.5. The lowest BCUT2D eigenvalue weighted by molar-refractivity contribution is -0.140. The monoisotopic (exact) mass is 438 g/mol. The Kier molecular flexibility index (Phi) is 7.70. The van der Waals surface area contributed by atoms with E-state index in [1.165, 1.54) is 0 Å². The highest BCUT2D eigenvalue weighted by Crippen LogP contribution is 2.23. The van der Waals surface area contributed by atoms with E-state index < -0.39 is 0 Å². The number of rotatable bonds is 7. The Balaban J connectivity index is 1.38. The van der Waals surface area contributed by atoms with Crippen molar-refractivity contribution >= 4 is 17.9 Å². The van der Waals surface area contributed by atoms with Crippen molar-refractivity contribution in [1.82, 2.24) is 9.80 Å². The molecule has 4 nitrogen and oxygen atoms in total. The van der Waals surface area contributed by atoms with Gasteiger partial charge in [0.25, 0.3) is 0 Å². The fourth-order valence-electron chi connectivity index (χ4n) is 4.26. The fraction of sp³-hybridized carbons (Fsp3) is 0.241. The molecule has 168 valence electrons. The smallest absolute Gasteiger partial charge is 0.246 e. The van der Waals surface area contributed by atoms with Gasteiger partial charge in [-0.3, -0.25) is 9.59 Å². The van der Waals surface area contributed by atoms with Crippen LogP contribution in [0.5, 0.6) is 0 Å². The highest BCUT2D eigenvalue weighted by atomic mass is 16.2. The highest BCUT2D eigenvalue weighted by Gasteiger charge is 2.30. The number of hydrogen-bond donors (Lipinski definition) is 0. The molecule has 1 aliphatic rings. The molecule has 0 radical (unpaired) electrons. The molecule has 0 aromatic heterocycles. The summed E-state index contributed by atoms with van der Waals surface area (Å²) in [5, 5.41) is 0. The van der Waals surface area contributed by atoms with Crippen LogP contribution in [0.1, 0.15) is 29.5 Å². The van der Waals surface area contributed by atoms with Crippen LogP contribution in [-0.2, 0) is 22.7 Å². The van der Waals surface area contributed by atoms with Gasteiger partial charge in [-0.15, -0.1) is 0 Å². The molecule has 0 atom stereocenters. The third kappa shape index (κ3) is 6.42. The number of likely N-dealkylation sites (tertiary alicyclic amines) is 1. The predicted molar refractivity (Wildman–Crippen MR) is 132 cm³/mol. The second kappa shape index (κ2) is 11.3. The van der Waals surface area contributed by atoms with E-state index in [1.807, 2.05) is 82.6 Å². The van der Waals surface area contributed by atoms with E-state index in [0.717, 1.165) is 16.7 Å². The topological polar surface area (TPSA) is 40.6 Å². The average molecular weight is 439 g/mol. The van der Waals surface area contributed by atoms with E-state index in [4.69, 9.17) is 0 Å². The fourth-order valence-corrected chi connectivity index (χ4v) is 4.26. The summed E-state index contributed by atoms with van der Waals surface area (Å²) < 4.78 is 0. The molecule has 0 N–H and O–H groups in total. The van der Waals surface area contributed by atoms with Crippen LogP contribution in [0.2, 0.25) is 0 Å². The Morgan fingerprint density at radius 2 is 1.24 bits per heavy atom. The summed E-state index contributed by atoms with van der Waals surface area (Å²) in [6, 6.07) is 30.1. The maximum atomic E-state index is 13.5. The SMILES string of the molecule is O=C(/C=C/c1ccccc1)N1CCC(C(=O)N(Cc2ccccc2)Cc2ccccc2)CC1. The van der Waals surface area contributed by atoms with Crippen molar-refractivity contribution in [3.05, 3.63) is 114 Å². The lowest BCUT2D eigenvalue weighted by Crippen LogP contribution is -2.43. The molecule has 4 rings (SSSR count). The molecule has 3 aromatic rings. The second-order valence-electron chi connectivity index (χ2n) is 8.51. The minimum absolute atomic E-state index is 0.00943. The van der Waals surface area contributed by atoms with E-state index >= 15 is 0 Å². The molecule has 0 spiro atoms. The molecular formula is C29H30N2O2. The van der Waals surface area contributed by atoms with Gasteiger partial charge in [0.15, 0.2) is 0 Å². The Morgan fingerprint density at radius 1 is 0.758 bits per heavy atom. The van der Waals surface area contributed by atoms with Crippen molar-refractivity contribution in [2.75, 3.05) is 13.1 Å². The van der Waals surface area contributed by atoms with Gasteiger partial charge in [-0.05, 0) is 35.6 Å². The lowest BCUT2D eigenvalue weighted by Gasteiger charge is -2.34. The summed E-state index contributed by atoms with van der Waals surface area (Å²) in [6.45, 7) is 2.40. The van der Waals surface area contributed by atoms with E-state index in [2.05, 4.69) is 24.3 Å². The molecule has 3 aromatic carbocycles. The Hall–Kier alpha value is -3.66. The van der Waals surface area contributed by atoms with Crippen molar-refractivity contribution in [2.24, 2.45) is 5.92 Å². The summed E-state index contributed by atoms with van der Waals surface area (Å²) in [7, 11) is 0. The lowest BCUT2D eigenvalue weighted by atomic mass is 9.94. The second-order valence-corrected chi connectivity index (χ2v) is 8.51. The average Bonchev–Trinajstić information content (AvgIpc) is 2.88. The molecule has 1 aliphatic heterocycles. The molecule has 1 fully saturated rings. The summed E-state index contributed by atoms with van der Waals surface area (Å²) in [5.41, 5.74) is 3.26. The number of hydrogen-bond acceptors (Lipinski definition) is 2. The van der Waals surface area contributed by atoms with Crippen molar-refractivity contribution in [2.45, 2.75) is 25.9 Å². The quantitative estimate of drug-likeness (QED) is 0.478. The molecule has 1 saturated heterocycles. The minimum Gasteiger partial charge on any atom is -0.339 e. The van der Waals surface area contributed by atoms with Crippen molar-refractivity contribution in [3.8, 4) is 0 Å². The van der Waals surface area contributed by atoms with Crippen molar-refractivity contribution < 1.29 is 9.59 Å². The molecule has 33 heavy (non-hydrogen) atoms. The Labute approximate surface area is 196 Å². The van der Waals surface area contributed by atoms with Gasteiger partial charge in [-0.2, -0.15) is 0 Å². The number of carbonyl (C=O) groups excluding carboxylic acids is 2. The molecule has 1 heterocycles. The van der Waals surface area contributed by atoms with Crippen LogP contribution in [-0.4, -0.2) is 34.7 Å². The van der Waals surface area contributed by atoms with Crippen molar-refractivity contribution in [3.63, 3.8) is 0 Å². The molecular weight excluding hydrogens is 408 g/mol. The summed E-state index contributed by atoms with van der Waals surface area (Å²) >= 11 is 0. The minimum atomic E-state index is -0.0559. The van der Waals surface area contributed by atoms with Gasteiger partial charge in [-0.25, -0.2) is 0 Å². The van der Waals surface area contributed by atoms with Crippen LogP contribution in [0.15, 0.2) is 97.1 Å². The van der Waals surface area contributed by atoms with E-state index in [0.29, 0.717) is 39.0 Å². The van der Waals surface area contributed by atoms with Crippen LogP contribution < -0.4 is 0 Å². The van der Waals surface area contributed by atoms with E-state index in [1.54, 1.807) is 6.08 Å². The number of benzene rings is 3. The zero-order valence-electron chi connectivity index (χ0n) is 18.8. The van der Waals surface area contributed by atoms with E-state index in [9.17, 15) is 9.59 Å². The molecule has 0 unspecified atom stereocenters. The van der Waals surface area contributed by atoms with Gasteiger partial charge in [-0.1, -0.05) is 91.0 Å².